The van der Waals surface area contributed by atoms with Crippen LogP contribution in [0.4, 0.5) is 11.4 Å². The van der Waals surface area contributed by atoms with E-state index in [1.54, 1.807) is 0 Å². The van der Waals surface area contributed by atoms with Crippen LogP contribution in [0.15, 0.2) is 194 Å². The maximum atomic E-state index is 3.85. The second kappa shape index (κ2) is 13.9. The molecule has 0 amide bonds. The van der Waals surface area contributed by atoms with E-state index in [1.807, 2.05) is 0 Å². The van der Waals surface area contributed by atoms with Crippen molar-refractivity contribution in [1.29, 1.82) is 0 Å². The lowest BCUT2D eigenvalue weighted by atomic mass is 9.82. The van der Waals surface area contributed by atoms with Crippen LogP contribution in [-0.2, 0) is 5.41 Å². The minimum atomic E-state index is -0.0554. The zero-order valence-electron chi connectivity index (χ0n) is 36.3. The van der Waals surface area contributed by atoms with Crippen molar-refractivity contribution < 1.29 is 0 Å². The zero-order chi connectivity index (χ0) is 42.7. The third-order valence-corrected chi connectivity index (χ3v) is 14.5. The van der Waals surface area contributed by atoms with Crippen LogP contribution in [0.25, 0.3) is 94.6 Å². The number of anilines is 2. The van der Waals surface area contributed by atoms with E-state index >= 15 is 0 Å². The molecule has 1 N–H and O–H groups in total. The number of allylic oxidation sites excluding steroid dienone is 1. The minimum absolute atomic E-state index is 0.0554. The second-order valence-electron chi connectivity index (χ2n) is 18.7. The van der Waals surface area contributed by atoms with E-state index in [0.29, 0.717) is 5.92 Å². The summed E-state index contributed by atoms with van der Waals surface area (Å²) in [6.07, 6.45) is 3.46. The average molecular weight is 819 g/mol. The first kappa shape index (κ1) is 36.9. The summed E-state index contributed by atoms with van der Waals surface area (Å²) in [5.74, 6) is 0.327. The van der Waals surface area contributed by atoms with E-state index < -0.39 is 0 Å². The molecule has 1 unspecified atom stereocenters. The van der Waals surface area contributed by atoms with Crippen molar-refractivity contribution in [2.24, 2.45) is 0 Å². The Labute approximate surface area is 374 Å². The number of hydrogen-bond acceptors (Lipinski definition) is 1. The van der Waals surface area contributed by atoms with Crippen LogP contribution in [-0.4, -0.2) is 4.57 Å². The van der Waals surface area contributed by atoms with Gasteiger partial charge in [-0.1, -0.05) is 154 Å². The Morgan fingerprint density at radius 1 is 0.469 bits per heavy atom. The summed E-state index contributed by atoms with van der Waals surface area (Å²) in [6.45, 7) is 7.16. The van der Waals surface area contributed by atoms with Gasteiger partial charge in [0, 0.05) is 56.2 Å². The molecule has 0 spiro atoms. The van der Waals surface area contributed by atoms with Gasteiger partial charge >= 0.3 is 0 Å². The number of nitrogens with one attached hydrogen (secondary N) is 1. The van der Waals surface area contributed by atoms with Gasteiger partial charge in [0.15, 0.2) is 0 Å². The van der Waals surface area contributed by atoms with E-state index in [2.05, 4.69) is 231 Å². The highest BCUT2D eigenvalue weighted by atomic mass is 15.0. The number of para-hydroxylation sites is 3. The SMILES string of the molecule is CC1CC(c2ccc(-c3cc4cc(c3)-c3cc5ccccc5cc3-c3ccccc3Nc3ccccc3-4)cc2)=Cc2c1n(-c1ccc3c(c1)C(C)(C)c1ccccc1-3)c1ccccc21. The number of aromatic nitrogens is 1. The summed E-state index contributed by atoms with van der Waals surface area (Å²) in [7, 11) is 0. The molecular weight excluding hydrogens is 773 g/mol. The lowest BCUT2D eigenvalue weighted by molar-refractivity contribution is 0.659. The van der Waals surface area contributed by atoms with E-state index in [1.165, 1.54) is 117 Å². The van der Waals surface area contributed by atoms with Gasteiger partial charge in [-0.25, -0.2) is 0 Å². The van der Waals surface area contributed by atoms with E-state index in [4.69, 9.17) is 0 Å². The highest BCUT2D eigenvalue weighted by Crippen LogP contribution is 2.51. The van der Waals surface area contributed by atoms with Crippen molar-refractivity contribution in [2.45, 2.75) is 38.5 Å². The molecule has 304 valence electrons. The minimum Gasteiger partial charge on any atom is -0.355 e. The van der Waals surface area contributed by atoms with Crippen molar-refractivity contribution in [3.63, 3.8) is 0 Å². The molecule has 3 aliphatic rings. The van der Waals surface area contributed by atoms with Gasteiger partial charge in [0.05, 0.1) is 5.52 Å². The van der Waals surface area contributed by atoms with Crippen LogP contribution < -0.4 is 5.32 Å². The molecule has 2 nitrogen and oxygen atoms in total. The molecule has 0 radical (unpaired) electrons. The molecule has 2 heterocycles. The Kier molecular flexibility index (Phi) is 8.03. The van der Waals surface area contributed by atoms with Crippen molar-refractivity contribution in [3.05, 3.63) is 222 Å². The predicted octanol–water partition coefficient (Wildman–Crippen LogP) is 16.9. The van der Waals surface area contributed by atoms with Crippen molar-refractivity contribution in [1.82, 2.24) is 4.57 Å². The van der Waals surface area contributed by atoms with E-state index in [-0.39, 0.29) is 5.41 Å². The Bertz CT molecular complexity index is 3600. The fourth-order valence-corrected chi connectivity index (χ4v) is 11.4. The molecule has 1 atom stereocenters. The molecule has 1 aromatic heterocycles. The predicted molar refractivity (Wildman–Crippen MR) is 271 cm³/mol. The molecule has 0 saturated heterocycles. The zero-order valence-corrected chi connectivity index (χ0v) is 36.3. The third-order valence-electron chi connectivity index (χ3n) is 14.5. The smallest absolute Gasteiger partial charge is 0.0537 e. The van der Waals surface area contributed by atoms with Crippen molar-refractivity contribution >= 4 is 44.7 Å². The Morgan fingerprint density at radius 3 is 1.86 bits per heavy atom. The molecule has 10 aromatic rings. The topological polar surface area (TPSA) is 17.0 Å². The van der Waals surface area contributed by atoms with Gasteiger partial charge in [-0.3, -0.25) is 0 Å². The summed E-state index contributed by atoms with van der Waals surface area (Å²) in [5, 5.41) is 7.64. The molecule has 1 aliphatic heterocycles. The number of benzene rings is 9. The van der Waals surface area contributed by atoms with E-state index in [9.17, 15) is 0 Å². The van der Waals surface area contributed by atoms with Crippen LogP contribution in [0.2, 0.25) is 0 Å². The van der Waals surface area contributed by atoms with Crippen LogP contribution in [0.3, 0.4) is 0 Å². The molecule has 2 heteroatoms. The van der Waals surface area contributed by atoms with E-state index in [0.717, 1.165) is 17.8 Å². The summed E-state index contributed by atoms with van der Waals surface area (Å²) in [5.41, 5.74) is 25.3. The van der Waals surface area contributed by atoms with Gasteiger partial charge in [-0.15, -0.1) is 0 Å². The highest BCUT2D eigenvalue weighted by Gasteiger charge is 2.36. The van der Waals surface area contributed by atoms with Crippen LogP contribution in [0.1, 0.15) is 61.1 Å². The van der Waals surface area contributed by atoms with Crippen LogP contribution >= 0.6 is 0 Å². The largest absolute Gasteiger partial charge is 0.355 e. The number of rotatable bonds is 3. The molecule has 2 bridgehead atoms. The normalized spacial score (nSPS) is 15.2. The average Bonchev–Trinajstić information content (AvgIpc) is 3.79. The summed E-state index contributed by atoms with van der Waals surface area (Å²) in [6, 6.07) is 72.5. The van der Waals surface area contributed by atoms with Gasteiger partial charge in [0.25, 0.3) is 0 Å². The molecular formula is C62H46N2. The van der Waals surface area contributed by atoms with Gasteiger partial charge in [-0.2, -0.15) is 0 Å². The van der Waals surface area contributed by atoms with Crippen molar-refractivity contribution in [3.8, 4) is 61.3 Å². The highest BCUT2D eigenvalue weighted by molar-refractivity contribution is 6.03. The maximum Gasteiger partial charge on any atom is 0.0537 e. The third kappa shape index (κ3) is 5.58. The Balaban J connectivity index is 0.919. The van der Waals surface area contributed by atoms with Gasteiger partial charge < -0.3 is 9.88 Å². The summed E-state index contributed by atoms with van der Waals surface area (Å²) >= 11 is 0. The van der Waals surface area contributed by atoms with Crippen LogP contribution in [0.5, 0.6) is 0 Å². The molecule has 13 rings (SSSR count). The standard InChI is InChI=1S/C62H46N2/c1-38-30-43(36-55-52-19-9-13-23-60(52)64(61(38)55)47-28-29-50-49-17-6-10-20-56(49)62(2,3)57(50)37-47)39-24-26-40(27-25-39)44-31-45-33-46(32-44)53-34-41-14-4-5-15-42(41)35-54(53)51-18-8-12-22-59(51)63-58-21-11-7-16-48(45)58/h4-29,31-38,63H,30H2,1-3H3. The molecule has 64 heavy (non-hydrogen) atoms. The first-order chi connectivity index (χ1) is 31.4. The second-order valence-corrected chi connectivity index (χ2v) is 18.7. The number of hydrogen-bond donors (Lipinski definition) is 1. The maximum absolute atomic E-state index is 3.85. The van der Waals surface area contributed by atoms with Gasteiger partial charge in [0.1, 0.15) is 0 Å². The number of nitrogens with zero attached hydrogens (tertiary/aromatic N) is 1. The Morgan fingerprint density at radius 2 is 1.06 bits per heavy atom. The molecule has 2 aliphatic carbocycles. The summed E-state index contributed by atoms with van der Waals surface area (Å²) in [4.78, 5) is 0. The fourth-order valence-electron chi connectivity index (χ4n) is 11.4. The molecule has 9 aromatic carbocycles. The van der Waals surface area contributed by atoms with Gasteiger partial charge in [0.2, 0.25) is 0 Å². The first-order valence-corrected chi connectivity index (χ1v) is 22.7. The monoisotopic (exact) mass is 818 g/mol. The van der Waals surface area contributed by atoms with Crippen molar-refractivity contribution in [2.75, 3.05) is 5.32 Å². The first-order valence-electron chi connectivity index (χ1n) is 22.7. The molecule has 0 fully saturated rings. The fraction of sp³-hybridized carbons (Fsp3) is 0.0968. The quantitative estimate of drug-likeness (QED) is 0.188. The molecule has 0 saturated carbocycles. The Hall–Kier alpha value is -7.68. The van der Waals surface area contributed by atoms with Gasteiger partial charge in [-0.05, 0) is 151 Å². The lowest BCUT2D eigenvalue weighted by Crippen LogP contribution is -2.16. The lowest BCUT2D eigenvalue weighted by Gasteiger charge is -2.25. The summed E-state index contributed by atoms with van der Waals surface area (Å²) < 4.78 is 2.56. The van der Waals surface area contributed by atoms with Crippen LogP contribution in [0, 0.1) is 0 Å². The number of fused-ring (bicyclic) bond motifs is 15.